The molecule has 58 valence electrons. The van der Waals surface area contributed by atoms with Crippen molar-refractivity contribution >= 4 is 9.84 Å². The van der Waals surface area contributed by atoms with Crippen molar-refractivity contribution in [3.05, 3.63) is 0 Å². The van der Waals surface area contributed by atoms with Crippen LogP contribution in [0, 0.1) is 0 Å². The molecule has 0 radical (unpaired) electrons. The fraction of sp³-hybridized carbons (Fsp3) is 1.00. The Balaban J connectivity index is 2.12. The lowest BCUT2D eigenvalue weighted by Crippen LogP contribution is -2.55. The molecule has 0 N–H and O–H groups in total. The van der Waals surface area contributed by atoms with Gasteiger partial charge in [0, 0.05) is 0 Å². The van der Waals surface area contributed by atoms with Crippen molar-refractivity contribution in [3.63, 3.8) is 0 Å². The zero-order chi connectivity index (χ0) is 7.24. The van der Waals surface area contributed by atoms with E-state index in [9.17, 15) is 8.42 Å². The largest absolute Gasteiger partial charge is 0.345 e. The molecular formula is C5H8O4S. The Morgan fingerprint density at radius 1 is 1.10 bits per heavy atom. The first-order chi connectivity index (χ1) is 4.62. The summed E-state index contributed by atoms with van der Waals surface area (Å²) < 4.78 is 31.6. The highest BCUT2D eigenvalue weighted by Gasteiger charge is 2.53. The molecule has 2 rings (SSSR count). The van der Waals surface area contributed by atoms with Crippen molar-refractivity contribution in [3.8, 4) is 0 Å². The molecule has 0 unspecified atom stereocenters. The van der Waals surface area contributed by atoms with Gasteiger partial charge in [0.1, 0.15) is 11.5 Å². The Bertz CT molecular complexity index is 222. The standard InChI is InChI=1S/C5H8O4S/c6-10(7)3-5(4-10)8-1-2-9-5/h1-4H2. The van der Waals surface area contributed by atoms with Gasteiger partial charge in [-0.05, 0) is 0 Å². The van der Waals surface area contributed by atoms with E-state index < -0.39 is 15.6 Å². The van der Waals surface area contributed by atoms with Crippen LogP contribution in [0.5, 0.6) is 0 Å². The van der Waals surface area contributed by atoms with Crippen molar-refractivity contribution in [2.24, 2.45) is 0 Å². The average Bonchev–Trinajstić information content (AvgIpc) is 2.10. The molecule has 2 aliphatic rings. The topological polar surface area (TPSA) is 52.6 Å². The van der Waals surface area contributed by atoms with Crippen LogP contribution in [0.25, 0.3) is 0 Å². The van der Waals surface area contributed by atoms with Gasteiger partial charge in [-0.1, -0.05) is 0 Å². The highest BCUT2D eigenvalue weighted by atomic mass is 32.2. The van der Waals surface area contributed by atoms with E-state index >= 15 is 0 Å². The van der Waals surface area contributed by atoms with Crippen LogP contribution in [-0.2, 0) is 19.3 Å². The summed E-state index contributed by atoms with van der Waals surface area (Å²) in [6.07, 6.45) is 0. The van der Waals surface area contributed by atoms with Gasteiger partial charge < -0.3 is 9.47 Å². The maximum absolute atomic E-state index is 10.7. The van der Waals surface area contributed by atoms with E-state index in [-0.39, 0.29) is 11.5 Å². The fourth-order valence-corrected chi connectivity index (χ4v) is 2.88. The summed E-state index contributed by atoms with van der Waals surface area (Å²) in [5, 5.41) is 0. The highest BCUT2D eigenvalue weighted by molar-refractivity contribution is 7.93. The number of hydrogen-bond donors (Lipinski definition) is 0. The Morgan fingerprint density at radius 2 is 1.60 bits per heavy atom. The van der Waals surface area contributed by atoms with E-state index in [0.29, 0.717) is 13.2 Å². The lowest BCUT2D eigenvalue weighted by atomic mass is 10.4. The monoisotopic (exact) mass is 164 g/mol. The molecule has 0 bridgehead atoms. The van der Waals surface area contributed by atoms with E-state index in [1.807, 2.05) is 0 Å². The van der Waals surface area contributed by atoms with Crippen molar-refractivity contribution < 1.29 is 17.9 Å². The van der Waals surface area contributed by atoms with E-state index in [1.54, 1.807) is 0 Å². The third kappa shape index (κ3) is 0.853. The summed E-state index contributed by atoms with van der Waals surface area (Å²) in [5.74, 6) is -0.654. The minimum Gasteiger partial charge on any atom is -0.345 e. The molecule has 4 nitrogen and oxygen atoms in total. The second-order valence-corrected chi connectivity index (χ2v) is 4.70. The van der Waals surface area contributed by atoms with E-state index in [1.165, 1.54) is 0 Å². The maximum Gasteiger partial charge on any atom is 0.196 e. The molecule has 0 aliphatic carbocycles. The lowest BCUT2D eigenvalue weighted by molar-refractivity contribution is -0.130. The van der Waals surface area contributed by atoms with Gasteiger partial charge in [-0.2, -0.15) is 0 Å². The second kappa shape index (κ2) is 1.72. The van der Waals surface area contributed by atoms with Crippen LogP contribution in [0.4, 0.5) is 0 Å². The van der Waals surface area contributed by atoms with Crippen LogP contribution in [0.15, 0.2) is 0 Å². The summed E-state index contributed by atoms with van der Waals surface area (Å²) in [4.78, 5) is 0. The first kappa shape index (κ1) is 6.57. The molecule has 5 heteroatoms. The summed E-state index contributed by atoms with van der Waals surface area (Å²) in [5.41, 5.74) is 0. The zero-order valence-electron chi connectivity index (χ0n) is 5.37. The molecule has 2 heterocycles. The van der Waals surface area contributed by atoms with Crippen molar-refractivity contribution in [2.75, 3.05) is 24.7 Å². The maximum atomic E-state index is 10.7. The third-order valence-corrected chi connectivity index (χ3v) is 3.45. The Labute approximate surface area is 59.0 Å². The van der Waals surface area contributed by atoms with Gasteiger partial charge in [0.25, 0.3) is 0 Å². The molecule has 1 spiro atoms. The number of sulfone groups is 1. The summed E-state index contributed by atoms with van der Waals surface area (Å²) in [7, 11) is -2.82. The van der Waals surface area contributed by atoms with E-state index in [4.69, 9.17) is 9.47 Å². The molecule has 0 aromatic heterocycles. The molecule has 2 saturated heterocycles. The smallest absolute Gasteiger partial charge is 0.196 e. The van der Waals surface area contributed by atoms with Crippen LogP contribution in [0.3, 0.4) is 0 Å². The van der Waals surface area contributed by atoms with Gasteiger partial charge >= 0.3 is 0 Å². The van der Waals surface area contributed by atoms with Crippen LogP contribution >= 0.6 is 0 Å². The van der Waals surface area contributed by atoms with Crippen molar-refractivity contribution in [1.82, 2.24) is 0 Å². The SMILES string of the molecule is O=S1(=O)CC2(C1)OCCO2. The fourth-order valence-electron chi connectivity index (χ4n) is 1.29. The summed E-state index contributed by atoms with van der Waals surface area (Å²) in [6.45, 7) is 1.05. The molecule has 0 atom stereocenters. The number of hydrogen-bond acceptors (Lipinski definition) is 4. The minimum absolute atomic E-state index is 0.0417. The normalized spacial score (nSPS) is 34.0. The molecule has 0 amide bonds. The average molecular weight is 164 g/mol. The molecule has 0 aromatic rings. The van der Waals surface area contributed by atoms with E-state index in [2.05, 4.69) is 0 Å². The predicted octanol–water partition coefficient (Wildman–Crippen LogP) is -0.842. The van der Waals surface area contributed by atoms with Gasteiger partial charge in [0.2, 0.25) is 0 Å². The molecular weight excluding hydrogens is 156 g/mol. The van der Waals surface area contributed by atoms with Crippen molar-refractivity contribution in [1.29, 1.82) is 0 Å². The van der Waals surface area contributed by atoms with Gasteiger partial charge in [-0.25, -0.2) is 8.42 Å². The van der Waals surface area contributed by atoms with Gasteiger partial charge in [0.05, 0.1) is 13.2 Å². The predicted molar refractivity (Wildman–Crippen MR) is 33.3 cm³/mol. The molecule has 0 aromatic carbocycles. The first-order valence-corrected chi connectivity index (χ1v) is 4.92. The quantitative estimate of drug-likeness (QED) is 0.468. The third-order valence-electron chi connectivity index (χ3n) is 1.69. The second-order valence-electron chi connectivity index (χ2n) is 2.64. The zero-order valence-corrected chi connectivity index (χ0v) is 6.19. The lowest BCUT2D eigenvalue weighted by Gasteiger charge is -2.34. The first-order valence-electron chi connectivity index (χ1n) is 3.10. The van der Waals surface area contributed by atoms with Gasteiger partial charge in [-0.15, -0.1) is 0 Å². The Kier molecular flexibility index (Phi) is 1.13. The summed E-state index contributed by atoms with van der Waals surface area (Å²) in [6, 6.07) is 0. The minimum atomic E-state index is -2.82. The Morgan fingerprint density at radius 3 is 2.00 bits per heavy atom. The number of ether oxygens (including phenoxy) is 2. The highest BCUT2D eigenvalue weighted by Crippen LogP contribution is 2.32. The van der Waals surface area contributed by atoms with Crippen LogP contribution in [0.1, 0.15) is 0 Å². The summed E-state index contributed by atoms with van der Waals surface area (Å²) >= 11 is 0. The van der Waals surface area contributed by atoms with E-state index in [0.717, 1.165) is 0 Å². The molecule has 2 fully saturated rings. The molecule has 0 saturated carbocycles. The van der Waals surface area contributed by atoms with Crippen LogP contribution in [-0.4, -0.2) is 38.9 Å². The number of rotatable bonds is 0. The Hall–Kier alpha value is -0.130. The van der Waals surface area contributed by atoms with Crippen LogP contribution < -0.4 is 0 Å². The molecule has 10 heavy (non-hydrogen) atoms. The van der Waals surface area contributed by atoms with Crippen molar-refractivity contribution in [2.45, 2.75) is 5.79 Å². The van der Waals surface area contributed by atoms with Crippen LogP contribution in [0.2, 0.25) is 0 Å². The van der Waals surface area contributed by atoms with Gasteiger partial charge in [-0.3, -0.25) is 0 Å². The van der Waals surface area contributed by atoms with Gasteiger partial charge in [0.15, 0.2) is 15.6 Å². The molecule has 2 aliphatic heterocycles.